The van der Waals surface area contributed by atoms with Gasteiger partial charge in [-0.3, -0.25) is 4.79 Å². The molecule has 0 radical (unpaired) electrons. The minimum absolute atomic E-state index is 0.202. The number of benzene rings is 1. The van der Waals surface area contributed by atoms with E-state index in [9.17, 15) is 4.79 Å². The number of carbonyl (C=O) groups is 1. The Morgan fingerprint density at radius 3 is 2.83 bits per heavy atom. The Labute approximate surface area is 141 Å². The van der Waals surface area contributed by atoms with Crippen LogP contribution in [0.25, 0.3) is 0 Å². The molecule has 1 amide bonds. The van der Waals surface area contributed by atoms with Crippen molar-refractivity contribution >= 4 is 17.2 Å². The lowest BCUT2D eigenvalue weighted by molar-refractivity contribution is -0.131. The van der Waals surface area contributed by atoms with Crippen molar-refractivity contribution in [2.75, 3.05) is 20.2 Å². The Bertz CT molecular complexity index is 666. The third-order valence-electron chi connectivity index (χ3n) is 4.27. The number of amides is 1. The fourth-order valence-corrected chi connectivity index (χ4v) is 3.92. The highest BCUT2D eigenvalue weighted by Gasteiger charge is 2.26. The number of methoxy groups -OCH3 is 1. The summed E-state index contributed by atoms with van der Waals surface area (Å²) < 4.78 is 5.15. The molecule has 1 aliphatic rings. The lowest BCUT2D eigenvalue weighted by Gasteiger charge is -2.32. The van der Waals surface area contributed by atoms with Crippen LogP contribution in [0.15, 0.2) is 29.6 Å². The summed E-state index contributed by atoms with van der Waals surface area (Å²) in [5.74, 6) is 1.41. The first-order valence-corrected chi connectivity index (χ1v) is 8.86. The van der Waals surface area contributed by atoms with Gasteiger partial charge in [0, 0.05) is 30.1 Å². The van der Waals surface area contributed by atoms with Gasteiger partial charge in [0.15, 0.2) is 0 Å². The number of hydrogen-bond donors (Lipinski definition) is 0. The summed E-state index contributed by atoms with van der Waals surface area (Å²) in [6.45, 7) is 3.67. The Balaban J connectivity index is 1.62. The topological polar surface area (TPSA) is 42.4 Å². The van der Waals surface area contributed by atoms with E-state index in [0.29, 0.717) is 12.3 Å². The molecule has 122 valence electrons. The maximum atomic E-state index is 12.6. The molecule has 1 aromatic heterocycles. The number of carbonyl (C=O) groups excluding carboxylic acids is 1. The number of likely N-dealkylation sites (tertiary alicyclic amines) is 1. The van der Waals surface area contributed by atoms with E-state index in [1.54, 1.807) is 18.4 Å². The molecule has 0 bridgehead atoms. The van der Waals surface area contributed by atoms with Crippen LogP contribution < -0.4 is 4.74 Å². The van der Waals surface area contributed by atoms with Crippen molar-refractivity contribution in [1.82, 2.24) is 9.88 Å². The predicted octanol–water partition coefficient (Wildman–Crippen LogP) is 3.41. The molecule has 1 saturated heterocycles. The second-order valence-electron chi connectivity index (χ2n) is 6.03. The molecule has 23 heavy (non-hydrogen) atoms. The predicted molar refractivity (Wildman–Crippen MR) is 92.1 cm³/mol. The number of thiazole rings is 1. The molecule has 1 aromatic carbocycles. The van der Waals surface area contributed by atoms with E-state index in [2.05, 4.69) is 10.4 Å². The average molecular weight is 330 g/mol. The molecule has 2 aromatic rings. The van der Waals surface area contributed by atoms with Gasteiger partial charge in [-0.2, -0.15) is 0 Å². The molecular formula is C18H22N2O2S. The molecule has 5 heteroatoms. The highest BCUT2D eigenvalue weighted by atomic mass is 32.1. The van der Waals surface area contributed by atoms with Crippen LogP contribution in [0, 0.1) is 6.92 Å². The smallest absolute Gasteiger partial charge is 0.227 e. The second-order valence-corrected chi connectivity index (χ2v) is 6.92. The van der Waals surface area contributed by atoms with Gasteiger partial charge in [0.2, 0.25) is 5.91 Å². The largest absolute Gasteiger partial charge is 0.497 e. The quantitative estimate of drug-likeness (QED) is 0.863. The molecule has 0 saturated carbocycles. The highest BCUT2D eigenvalue weighted by molar-refractivity contribution is 7.09. The van der Waals surface area contributed by atoms with E-state index < -0.39 is 0 Å². The summed E-state index contributed by atoms with van der Waals surface area (Å²) in [5.41, 5.74) is 2.11. The van der Waals surface area contributed by atoms with Gasteiger partial charge in [0.25, 0.3) is 0 Å². The summed E-state index contributed by atoms with van der Waals surface area (Å²) in [6, 6.07) is 7.73. The average Bonchev–Trinajstić information content (AvgIpc) is 3.02. The summed E-state index contributed by atoms with van der Waals surface area (Å²) in [4.78, 5) is 19.2. The normalized spacial score (nSPS) is 18.0. The number of rotatable bonds is 4. The van der Waals surface area contributed by atoms with Gasteiger partial charge in [-0.05, 0) is 37.5 Å². The van der Waals surface area contributed by atoms with Crippen LogP contribution in [0.3, 0.4) is 0 Å². The minimum atomic E-state index is 0.202. The van der Waals surface area contributed by atoms with Gasteiger partial charge in [-0.25, -0.2) is 4.98 Å². The Morgan fingerprint density at radius 2 is 2.17 bits per heavy atom. The molecule has 0 aliphatic carbocycles. The van der Waals surface area contributed by atoms with Crippen molar-refractivity contribution in [1.29, 1.82) is 0 Å². The van der Waals surface area contributed by atoms with E-state index in [-0.39, 0.29) is 5.91 Å². The molecule has 4 nitrogen and oxygen atoms in total. The van der Waals surface area contributed by atoms with E-state index >= 15 is 0 Å². The number of ether oxygens (including phenoxy) is 1. The van der Waals surface area contributed by atoms with E-state index in [1.807, 2.05) is 36.1 Å². The summed E-state index contributed by atoms with van der Waals surface area (Å²) in [7, 11) is 1.65. The SMILES string of the molecule is COc1ccc(CC(=O)N2CCCC(c3nc(C)cs3)C2)cc1. The van der Waals surface area contributed by atoms with Crippen molar-refractivity contribution in [3.05, 3.63) is 45.9 Å². The van der Waals surface area contributed by atoms with Gasteiger partial charge in [-0.1, -0.05) is 12.1 Å². The van der Waals surface area contributed by atoms with Gasteiger partial charge in [-0.15, -0.1) is 11.3 Å². The monoisotopic (exact) mass is 330 g/mol. The molecule has 1 unspecified atom stereocenters. The number of nitrogens with zero attached hydrogens (tertiary/aromatic N) is 2. The molecule has 1 atom stereocenters. The van der Waals surface area contributed by atoms with Crippen molar-refractivity contribution in [2.24, 2.45) is 0 Å². The number of aromatic nitrogens is 1. The number of hydrogen-bond acceptors (Lipinski definition) is 4. The van der Waals surface area contributed by atoms with Crippen LogP contribution in [0.1, 0.15) is 35.0 Å². The first-order chi connectivity index (χ1) is 11.2. The standard InChI is InChI=1S/C18H22N2O2S/c1-13-12-23-18(19-13)15-4-3-9-20(11-15)17(21)10-14-5-7-16(22-2)8-6-14/h5-8,12,15H,3-4,9-11H2,1-2H3. The summed E-state index contributed by atoms with van der Waals surface area (Å²) >= 11 is 1.71. The minimum Gasteiger partial charge on any atom is -0.497 e. The van der Waals surface area contributed by atoms with E-state index in [4.69, 9.17) is 4.74 Å². The Morgan fingerprint density at radius 1 is 1.39 bits per heavy atom. The van der Waals surface area contributed by atoms with E-state index in [0.717, 1.165) is 42.9 Å². The maximum absolute atomic E-state index is 12.6. The summed E-state index contributed by atoms with van der Waals surface area (Å²) in [6.07, 6.45) is 2.63. The van der Waals surface area contributed by atoms with Crippen LogP contribution in [-0.4, -0.2) is 36.0 Å². The molecule has 3 rings (SSSR count). The van der Waals surface area contributed by atoms with Crippen LogP contribution in [-0.2, 0) is 11.2 Å². The van der Waals surface area contributed by atoms with Gasteiger partial charge in [0.1, 0.15) is 5.75 Å². The number of aryl methyl sites for hydroxylation is 1. The highest BCUT2D eigenvalue weighted by Crippen LogP contribution is 2.29. The lowest BCUT2D eigenvalue weighted by Crippen LogP contribution is -2.39. The van der Waals surface area contributed by atoms with Gasteiger partial charge >= 0.3 is 0 Å². The van der Waals surface area contributed by atoms with Crippen molar-refractivity contribution in [3.8, 4) is 5.75 Å². The Kier molecular flexibility index (Phi) is 4.96. The first-order valence-electron chi connectivity index (χ1n) is 7.98. The number of piperidine rings is 1. The van der Waals surface area contributed by atoms with Crippen molar-refractivity contribution in [2.45, 2.75) is 32.1 Å². The molecule has 1 aliphatic heterocycles. The van der Waals surface area contributed by atoms with Crippen LogP contribution in [0.5, 0.6) is 5.75 Å². The third kappa shape index (κ3) is 3.91. The van der Waals surface area contributed by atoms with Crippen LogP contribution in [0.4, 0.5) is 0 Å². The van der Waals surface area contributed by atoms with Gasteiger partial charge in [0.05, 0.1) is 18.5 Å². The third-order valence-corrected chi connectivity index (χ3v) is 5.40. The second kappa shape index (κ2) is 7.13. The molecule has 0 N–H and O–H groups in total. The maximum Gasteiger partial charge on any atom is 0.227 e. The van der Waals surface area contributed by atoms with Crippen LogP contribution in [0.2, 0.25) is 0 Å². The first kappa shape index (κ1) is 16.0. The molecule has 1 fully saturated rings. The zero-order valence-electron chi connectivity index (χ0n) is 13.6. The molecular weight excluding hydrogens is 308 g/mol. The van der Waals surface area contributed by atoms with E-state index in [1.165, 1.54) is 5.01 Å². The fourth-order valence-electron chi connectivity index (χ4n) is 2.99. The van der Waals surface area contributed by atoms with Crippen molar-refractivity contribution < 1.29 is 9.53 Å². The Hall–Kier alpha value is -1.88. The van der Waals surface area contributed by atoms with Gasteiger partial charge < -0.3 is 9.64 Å². The zero-order chi connectivity index (χ0) is 16.2. The molecule has 0 spiro atoms. The molecule has 2 heterocycles. The van der Waals surface area contributed by atoms with Crippen LogP contribution >= 0.6 is 11.3 Å². The zero-order valence-corrected chi connectivity index (χ0v) is 14.4. The lowest BCUT2D eigenvalue weighted by atomic mass is 9.98. The summed E-state index contributed by atoms with van der Waals surface area (Å²) in [5, 5.41) is 3.26. The van der Waals surface area contributed by atoms with Crippen molar-refractivity contribution in [3.63, 3.8) is 0 Å². The fraction of sp³-hybridized carbons (Fsp3) is 0.444.